The Bertz CT molecular complexity index is 478. The molecular weight excluding hydrogens is 190 g/mol. The molecule has 2 rings (SSSR count). The van der Waals surface area contributed by atoms with Crippen molar-refractivity contribution in [1.29, 1.82) is 0 Å². The van der Waals surface area contributed by atoms with Gasteiger partial charge in [-0.15, -0.1) is 0 Å². The van der Waals surface area contributed by atoms with E-state index in [4.69, 9.17) is 17.2 Å². The van der Waals surface area contributed by atoms with Crippen molar-refractivity contribution in [3.8, 4) is 11.1 Å². The van der Waals surface area contributed by atoms with Gasteiger partial charge in [-0.1, -0.05) is 12.1 Å². The van der Waals surface area contributed by atoms with E-state index in [0.29, 0.717) is 11.5 Å². The standard InChI is InChI=1S/C10H11N5/c11-7-3-1-6(2-4-7)8-5-14-10(13)15-9(8)12/h1-5H,11H2,(H4,12,13,14,15). The van der Waals surface area contributed by atoms with Crippen molar-refractivity contribution >= 4 is 17.5 Å². The van der Waals surface area contributed by atoms with Gasteiger partial charge < -0.3 is 17.2 Å². The van der Waals surface area contributed by atoms with Gasteiger partial charge in [0.15, 0.2) is 0 Å². The summed E-state index contributed by atoms with van der Waals surface area (Å²) >= 11 is 0. The molecule has 0 aliphatic heterocycles. The second-order valence-electron chi connectivity index (χ2n) is 3.15. The normalized spacial score (nSPS) is 10.1. The van der Waals surface area contributed by atoms with Crippen molar-refractivity contribution in [1.82, 2.24) is 9.97 Å². The van der Waals surface area contributed by atoms with E-state index in [1.807, 2.05) is 12.1 Å². The third-order valence-corrected chi connectivity index (χ3v) is 2.06. The molecule has 0 saturated heterocycles. The lowest BCUT2D eigenvalue weighted by molar-refractivity contribution is 1.20. The summed E-state index contributed by atoms with van der Waals surface area (Å²) < 4.78 is 0. The summed E-state index contributed by atoms with van der Waals surface area (Å²) in [6.07, 6.45) is 1.60. The number of hydrogen-bond acceptors (Lipinski definition) is 5. The lowest BCUT2D eigenvalue weighted by Gasteiger charge is -2.04. The summed E-state index contributed by atoms with van der Waals surface area (Å²) in [4.78, 5) is 7.78. The minimum absolute atomic E-state index is 0.173. The van der Waals surface area contributed by atoms with E-state index in [2.05, 4.69) is 9.97 Å². The van der Waals surface area contributed by atoms with Crippen molar-refractivity contribution < 1.29 is 0 Å². The Morgan fingerprint density at radius 1 is 0.933 bits per heavy atom. The predicted octanol–water partition coefficient (Wildman–Crippen LogP) is 0.890. The van der Waals surface area contributed by atoms with E-state index in [0.717, 1.165) is 11.1 Å². The van der Waals surface area contributed by atoms with Gasteiger partial charge in [-0.2, -0.15) is 4.98 Å². The Kier molecular flexibility index (Phi) is 2.13. The monoisotopic (exact) mass is 201 g/mol. The van der Waals surface area contributed by atoms with Crippen LogP contribution in [0.25, 0.3) is 11.1 Å². The second kappa shape index (κ2) is 3.45. The molecule has 2 aromatic rings. The fourth-order valence-corrected chi connectivity index (χ4v) is 1.29. The molecular formula is C10H11N5. The zero-order valence-electron chi connectivity index (χ0n) is 8.01. The topological polar surface area (TPSA) is 104 Å². The highest BCUT2D eigenvalue weighted by Crippen LogP contribution is 2.24. The third kappa shape index (κ3) is 1.80. The quantitative estimate of drug-likeness (QED) is 0.594. The van der Waals surface area contributed by atoms with Crippen LogP contribution in [0.3, 0.4) is 0 Å². The first-order valence-electron chi connectivity index (χ1n) is 4.41. The lowest BCUT2D eigenvalue weighted by atomic mass is 10.1. The number of nitrogens with zero attached hydrogens (tertiary/aromatic N) is 2. The third-order valence-electron chi connectivity index (χ3n) is 2.06. The molecule has 0 atom stereocenters. The Morgan fingerprint density at radius 3 is 2.20 bits per heavy atom. The van der Waals surface area contributed by atoms with Crippen LogP contribution in [-0.2, 0) is 0 Å². The van der Waals surface area contributed by atoms with Gasteiger partial charge in [0.1, 0.15) is 5.82 Å². The van der Waals surface area contributed by atoms with Crippen molar-refractivity contribution in [3.63, 3.8) is 0 Å². The molecule has 0 aliphatic carbocycles. The van der Waals surface area contributed by atoms with Crippen LogP contribution in [0.1, 0.15) is 0 Å². The largest absolute Gasteiger partial charge is 0.399 e. The fraction of sp³-hybridized carbons (Fsp3) is 0. The second-order valence-corrected chi connectivity index (χ2v) is 3.15. The molecule has 0 amide bonds. The number of nitrogens with two attached hydrogens (primary N) is 3. The summed E-state index contributed by atoms with van der Waals surface area (Å²) in [7, 11) is 0. The maximum Gasteiger partial charge on any atom is 0.221 e. The SMILES string of the molecule is Nc1ccc(-c2cnc(N)nc2N)cc1. The van der Waals surface area contributed by atoms with Crippen molar-refractivity contribution in [2.45, 2.75) is 0 Å². The highest BCUT2D eigenvalue weighted by atomic mass is 15.0. The van der Waals surface area contributed by atoms with Gasteiger partial charge >= 0.3 is 0 Å². The molecule has 0 spiro atoms. The lowest BCUT2D eigenvalue weighted by Crippen LogP contribution is -2.00. The van der Waals surface area contributed by atoms with Crippen LogP contribution in [0.2, 0.25) is 0 Å². The zero-order chi connectivity index (χ0) is 10.8. The van der Waals surface area contributed by atoms with Gasteiger partial charge in [-0.05, 0) is 17.7 Å². The highest BCUT2D eigenvalue weighted by Gasteiger charge is 2.04. The van der Waals surface area contributed by atoms with E-state index in [-0.39, 0.29) is 5.95 Å². The molecule has 5 nitrogen and oxygen atoms in total. The Labute approximate surface area is 86.9 Å². The van der Waals surface area contributed by atoms with E-state index < -0.39 is 0 Å². The molecule has 1 heterocycles. The first kappa shape index (κ1) is 9.26. The number of aromatic nitrogens is 2. The van der Waals surface area contributed by atoms with Crippen LogP contribution in [0, 0.1) is 0 Å². The van der Waals surface area contributed by atoms with E-state index in [1.165, 1.54) is 0 Å². The number of nitrogen functional groups attached to an aromatic ring is 3. The van der Waals surface area contributed by atoms with Crippen LogP contribution >= 0.6 is 0 Å². The number of benzene rings is 1. The summed E-state index contributed by atoms with van der Waals surface area (Å²) in [5.41, 5.74) is 19.1. The Balaban J connectivity index is 2.49. The summed E-state index contributed by atoms with van der Waals surface area (Å²) in [6, 6.07) is 7.32. The van der Waals surface area contributed by atoms with Crippen LogP contribution in [0.15, 0.2) is 30.5 Å². The zero-order valence-corrected chi connectivity index (χ0v) is 8.01. The van der Waals surface area contributed by atoms with Gasteiger partial charge in [0, 0.05) is 17.4 Å². The van der Waals surface area contributed by atoms with Gasteiger partial charge in [-0.3, -0.25) is 0 Å². The summed E-state index contributed by atoms with van der Waals surface area (Å²) in [6.45, 7) is 0. The maximum atomic E-state index is 5.73. The van der Waals surface area contributed by atoms with Gasteiger partial charge in [0.25, 0.3) is 0 Å². The van der Waals surface area contributed by atoms with Crippen LogP contribution in [0.4, 0.5) is 17.5 Å². The molecule has 0 fully saturated rings. The molecule has 15 heavy (non-hydrogen) atoms. The van der Waals surface area contributed by atoms with Gasteiger partial charge in [0.05, 0.1) is 0 Å². The van der Waals surface area contributed by atoms with Gasteiger partial charge in [-0.25, -0.2) is 4.98 Å². The fourth-order valence-electron chi connectivity index (χ4n) is 1.29. The van der Waals surface area contributed by atoms with E-state index in [9.17, 15) is 0 Å². The molecule has 5 heteroatoms. The van der Waals surface area contributed by atoms with Crippen LogP contribution in [-0.4, -0.2) is 9.97 Å². The van der Waals surface area contributed by atoms with Gasteiger partial charge in [0.2, 0.25) is 5.95 Å². The molecule has 76 valence electrons. The van der Waals surface area contributed by atoms with Crippen molar-refractivity contribution in [3.05, 3.63) is 30.5 Å². The average Bonchev–Trinajstić information content (AvgIpc) is 2.20. The minimum Gasteiger partial charge on any atom is -0.399 e. The number of hydrogen-bond donors (Lipinski definition) is 3. The molecule has 1 aromatic heterocycles. The minimum atomic E-state index is 0.173. The van der Waals surface area contributed by atoms with E-state index >= 15 is 0 Å². The number of rotatable bonds is 1. The van der Waals surface area contributed by atoms with Crippen molar-refractivity contribution in [2.75, 3.05) is 17.2 Å². The maximum absolute atomic E-state index is 5.73. The summed E-state index contributed by atoms with van der Waals surface area (Å²) in [5.74, 6) is 0.541. The van der Waals surface area contributed by atoms with Crippen LogP contribution in [0.5, 0.6) is 0 Å². The molecule has 1 aromatic carbocycles. The molecule has 0 radical (unpaired) electrons. The Morgan fingerprint density at radius 2 is 1.60 bits per heavy atom. The smallest absolute Gasteiger partial charge is 0.221 e. The first-order chi connectivity index (χ1) is 7.16. The predicted molar refractivity (Wildman–Crippen MR) is 60.7 cm³/mol. The van der Waals surface area contributed by atoms with E-state index in [1.54, 1.807) is 18.3 Å². The molecule has 0 saturated carbocycles. The average molecular weight is 201 g/mol. The van der Waals surface area contributed by atoms with Crippen molar-refractivity contribution in [2.24, 2.45) is 0 Å². The summed E-state index contributed by atoms with van der Waals surface area (Å²) in [5, 5.41) is 0. The molecule has 0 bridgehead atoms. The van der Waals surface area contributed by atoms with Crippen LogP contribution < -0.4 is 17.2 Å². The Hall–Kier alpha value is -2.30. The number of anilines is 3. The molecule has 0 unspecified atom stereocenters. The molecule has 0 aliphatic rings. The highest BCUT2D eigenvalue weighted by molar-refractivity contribution is 5.74. The molecule has 6 N–H and O–H groups in total. The first-order valence-corrected chi connectivity index (χ1v) is 4.41.